The number of benzene rings is 2. The van der Waals surface area contributed by atoms with E-state index in [2.05, 4.69) is 5.32 Å². The molecule has 0 bridgehead atoms. The van der Waals surface area contributed by atoms with E-state index in [-0.39, 0.29) is 18.2 Å². The summed E-state index contributed by atoms with van der Waals surface area (Å²) in [6.45, 7) is 9.57. The molecule has 7 heteroatoms. The number of nitrogens with zero attached hydrogens (tertiary/aromatic N) is 1. The summed E-state index contributed by atoms with van der Waals surface area (Å²) in [5.74, 6) is 1.11. The smallest absolute Gasteiger partial charge is 0.242 e. The molecule has 1 N–H and O–H groups in total. The van der Waals surface area contributed by atoms with Crippen LogP contribution in [0, 0.1) is 0 Å². The summed E-state index contributed by atoms with van der Waals surface area (Å²) in [6.07, 6.45) is 1.63. The number of hydrogen-bond acceptors (Lipinski definition) is 4. The van der Waals surface area contributed by atoms with E-state index in [0.717, 1.165) is 17.5 Å². The van der Waals surface area contributed by atoms with E-state index in [1.54, 1.807) is 17.9 Å². The average Bonchev–Trinajstić information content (AvgIpc) is 2.80. The average molecular weight is 475 g/mol. The molecule has 0 heterocycles. The van der Waals surface area contributed by atoms with Crippen molar-refractivity contribution in [1.29, 1.82) is 0 Å². The lowest BCUT2D eigenvalue weighted by atomic mass is 10.1. The zero-order valence-corrected chi connectivity index (χ0v) is 20.8. The highest BCUT2D eigenvalue weighted by Crippen LogP contribution is 2.29. The summed E-state index contributed by atoms with van der Waals surface area (Å²) in [5.41, 5.74) is 1.85. The van der Waals surface area contributed by atoms with Crippen LogP contribution in [0.3, 0.4) is 0 Å². The second-order valence-corrected chi connectivity index (χ2v) is 8.20. The first kappa shape index (κ1) is 26.5. The largest absolute Gasteiger partial charge is 0.490 e. The van der Waals surface area contributed by atoms with Crippen LogP contribution in [0.2, 0.25) is 5.02 Å². The van der Waals surface area contributed by atoms with Gasteiger partial charge in [0.1, 0.15) is 6.04 Å². The van der Waals surface area contributed by atoms with Gasteiger partial charge >= 0.3 is 0 Å². The van der Waals surface area contributed by atoms with Gasteiger partial charge in [-0.05, 0) is 69.0 Å². The number of hydrogen-bond donors (Lipinski definition) is 1. The Hall–Kier alpha value is -2.73. The van der Waals surface area contributed by atoms with E-state index < -0.39 is 6.04 Å². The van der Waals surface area contributed by atoms with Crippen LogP contribution >= 0.6 is 11.6 Å². The number of ether oxygens (including phenoxy) is 2. The summed E-state index contributed by atoms with van der Waals surface area (Å²) >= 11 is 6.13. The molecule has 2 aromatic rings. The molecule has 33 heavy (non-hydrogen) atoms. The molecule has 0 saturated heterocycles. The Bertz CT molecular complexity index is 919. The zero-order valence-electron chi connectivity index (χ0n) is 20.0. The minimum Gasteiger partial charge on any atom is -0.490 e. The second-order valence-electron chi connectivity index (χ2n) is 7.77. The van der Waals surface area contributed by atoms with Crippen LogP contribution in [-0.4, -0.2) is 42.5 Å². The predicted molar refractivity (Wildman–Crippen MR) is 132 cm³/mol. The number of aryl methyl sites for hydroxylation is 1. The number of halogens is 1. The molecule has 0 aliphatic rings. The van der Waals surface area contributed by atoms with Crippen LogP contribution in [-0.2, 0) is 22.6 Å². The van der Waals surface area contributed by atoms with Gasteiger partial charge in [-0.1, -0.05) is 36.7 Å². The minimum atomic E-state index is -0.595. The van der Waals surface area contributed by atoms with Gasteiger partial charge in [-0.3, -0.25) is 9.59 Å². The Morgan fingerprint density at radius 1 is 1.00 bits per heavy atom. The van der Waals surface area contributed by atoms with Crippen LogP contribution < -0.4 is 14.8 Å². The monoisotopic (exact) mass is 474 g/mol. The Morgan fingerprint density at radius 2 is 1.73 bits per heavy atom. The standard InChI is InChI=1S/C26H35ClN2O4/c1-5-15-28-26(31)19(4)29(18-21-9-8-10-22(27)16-21)25(30)14-12-20-11-13-23(32-6-2)24(17-20)33-7-3/h8-11,13,16-17,19H,5-7,12,14-15,18H2,1-4H3,(H,28,31)/t19-/m1/s1. The van der Waals surface area contributed by atoms with Crippen molar-refractivity contribution < 1.29 is 19.1 Å². The van der Waals surface area contributed by atoms with Crippen molar-refractivity contribution in [2.75, 3.05) is 19.8 Å². The maximum atomic E-state index is 13.3. The highest BCUT2D eigenvalue weighted by Gasteiger charge is 2.26. The number of carbonyl (C=O) groups is 2. The molecule has 0 unspecified atom stereocenters. The van der Waals surface area contributed by atoms with Crippen LogP contribution in [0.5, 0.6) is 11.5 Å². The van der Waals surface area contributed by atoms with Gasteiger partial charge < -0.3 is 19.7 Å². The fourth-order valence-corrected chi connectivity index (χ4v) is 3.67. The maximum absolute atomic E-state index is 13.3. The molecule has 0 spiro atoms. The van der Waals surface area contributed by atoms with Crippen LogP contribution in [0.1, 0.15) is 51.7 Å². The van der Waals surface area contributed by atoms with Crippen molar-refractivity contribution in [3.8, 4) is 11.5 Å². The second kappa shape index (κ2) is 13.7. The summed E-state index contributed by atoms with van der Waals surface area (Å²) in [7, 11) is 0. The molecule has 6 nitrogen and oxygen atoms in total. The Morgan fingerprint density at radius 3 is 2.39 bits per heavy atom. The molecule has 2 amide bonds. The molecule has 1 atom stereocenters. The summed E-state index contributed by atoms with van der Waals surface area (Å²) in [6, 6.07) is 12.5. The van der Waals surface area contributed by atoms with E-state index >= 15 is 0 Å². The quantitative estimate of drug-likeness (QED) is 0.443. The van der Waals surface area contributed by atoms with Crippen LogP contribution in [0.15, 0.2) is 42.5 Å². The summed E-state index contributed by atoms with van der Waals surface area (Å²) < 4.78 is 11.3. The highest BCUT2D eigenvalue weighted by molar-refractivity contribution is 6.30. The van der Waals surface area contributed by atoms with Crippen molar-refractivity contribution in [2.45, 2.75) is 59.5 Å². The lowest BCUT2D eigenvalue weighted by Crippen LogP contribution is -2.47. The molecule has 180 valence electrons. The lowest BCUT2D eigenvalue weighted by molar-refractivity contribution is -0.140. The summed E-state index contributed by atoms with van der Waals surface area (Å²) in [5, 5.41) is 3.49. The fraction of sp³-hybridized carbons (Fsp3) is 0.462. The molecule has 0 radical (unpaired) electrons. The number of rotatable bonds is 13. The van der Waals surface area contributed by atoms with Crippen molar-refractivity contribution >= 4 is 23.4 Å². The predicted octanol–water partition coefficient (Wildman–Crippen LogP) is 5.01. The Labute approximate surface area is 202 Å². The molecule has 0 fully saturated rings. The van der Waals surface area contributed by atoms with Gasteiger partial charge in [0.15, 0.2) is 11.5 Å². The molecule has 2 aromatic carbocycles. The van der Waals surface area contributed by atoms with Gasteiger partial charge in [0, 0.05) is 24.5 Å². The van der Waals surface area contributed by atoms with E-state index in [0.29, 0.717) is 49.2 Å². The number of nitrogens with one attached hydrogen (secondary N) is 1. The van der Waals surface area contributed by atoms with Gasteiger partial charge in [0.2, 0.25) is 11.8 Å². The van der Waals surface area contributed by atoms with E-state index in [9.17, 15) is 9.59 Å². The molecule has 2 rings (SSSR count). The SMILES string of the molecule is CCCNC(=O)[C@@H](C)N(Cc1cccc(Cl)c1)C(=O)CCc1ccc(OCC)c(OCC)c1. The highest BCUT2D eigenvalue weighted by atomic mass is 35.5. The molecule has 0 aliphatic heterocycles. The molecular weight excluding hydrogens is 440 g/mol. The lowest BCUT2D eigenvalue weighted by Gasteiger charge is -2.29. The van der Waals surface area contributed by atoms with Gasteiger partial charge in [0.25, 0.3) is 0 Å². The van der Waals surface area contributed by atoms with Crippen molar-refractivity contribution in [3.05, 3.63) is 58.6 Å². The third kappa shape index (κ3) is 8.28. The Kier molecular flexibility index (Phi) is 11.0. The topological polar surface area (TPSA) is 67.9 Å². The third-order valence-corrected chi connectivity index (χ3v) is 5.43. The first-order valence-electron chi connectivity index (χ1n) is 11.6. The summed E-state index contributed by atoms with van der Waals surface area (Å²) in [4.78, 5) is 27.5. The number of carbonyl (C=O) groups excluding carboxylic acids is 2. The molecule has 0 aromatic heterocycles. The minimum absolute atomic E-state index is 0.0963. The Balaban J connectivity index is 2.16. The van der Waals surface area contributed by atoms with Crippen molar-refractivity contribution in [1.82, 2.24) is 10.2 Å². The van der Waals surface area contributed by atoms with Gasteiger partial charge in [0.05, 0.1) is 13.2 Å². The third-order valence-electron chi connectivity index (χ3n) is 5.19. The van der Waals surface area contributed by atoms with Crippen molar-refractivity contribution in [2.24, 2.45) is 0 Å². The number of amides is 2. The fourth-order valence-electron chi connectivity index (χ4n) is 3.46. The first-order chi connectivity index (χ1) is 15.9. The zero-order chi connectivity index (χ0) is 24.2. The van der Waals surface area contributed by atoms with E-state index in [4.69, 9.17) is 21.1 Å². The molecule has 0 aliphatic carbocycles. The van der Waals surface area contributed by atoms with E-state index in [1.165, 1.54) is 0 Å². The van der Waals surface area contributed by atoms with Gasteiger partial charge in [-0.15, -0.1) is 0 Å². The van der Waals surface area contributed by atoms with Crippen LogP contribution in [0.25, 0.3) is 0 Å². The molecular formula is C26H35ClN2O4. The normalized spacial score (nSPS) is 11.5. The van der Waals surface area contributed by atoms with Gasteiger partial charge in [-0.2, -0.15) is 0 Å². The maximum Gasteiger partial charge on any atom is 0.242 e. The van der Waals surface area contributed by atoms with Crippen LogP contribution in [0.4, 0.5) is 0 Å². The van der Waals surface area contributed by atoms with Crippen molar-refractivity contribution in [3.63, 3.8) is 0 Å². The van der Waals surface area contributed by atoms with E-state index in [1.807, 2.05) is 57.2 Å². The van der Waals surface area contributed by atoms with Gasteiger partial charge in [-0.25, -0.2) is 0 Å². The molecule has 0 saturated carbocycles. The first-order valence-corrected chi connectivity index (χ1v) is 12.0.